The fourth-order valence-corrected chi connectivity index (χ4v) is 6.39. The van der Waals surface area contributed by atoms with E-state index in [-0.39, 0.29) is 28.5 Å². The Morgan fingerprint density at radius 3 is 2.81 bits per heavy atom. The molecule has 0 saturated carbocycles. The second kappa shape index (κ2) is 9.69. The van der Waals surface area contributed by atoms with Crippen LogP contribution in [0, 0.1) is 5.82 Å². The molecule has 0 radical (unpaired) electrons. The van der Waals surface area contributed by atoms with E-state index in [9.17, 15) is 17.6 Å². The van der Waals surface area contributed by atoms with E-state index in [1.165, 1.54) is 55.1 Å². The zero-order chi connectivity index (χ0) is 25.4. The molecular weight excluding hydrogens is 529 g/mol. The van der Waals surface area contributed by atoms with Crippen molar-refractivity contribution in [3.05, 3.63) is 87.0 Å². The fourth-order valence-electron chi connectivity index (χ4n) is 4.29. The molecule has 5 rings (SSSR count). The SMILES string of the molecule is COC(=O)C1=C2C[C@H](NS(=O)(=O)c3cccnc3)CN2C(c2nccs2)=N[C@H]1c1ccc(F)cc1Cl. The summed E-state index contributed by atoms with van der Waals surface area (Å²) in [6.45, 7) is 0.206. The van der Waals surface area contributed by atoms with Crippen molar-refractivity contribution < 1.29 is 22.3 Å². The van der Waals surface area contributed by atoms with E-state index in [0.717, 1.165) is 6.07 Å². The maximum absolute atomic E-state index is 13.8. The summed E-state index contributed by atoms with van der Waals surface area (Å²) in [6.07, 6.45) is 4.56. The van der Waals surface area contributed by atoms with E-state index in [1.54, 1.807) is 16.5 Å². The number of pyridine rings is 1. The Kier molecular flexibility index (Phi) is 6.60. The van der Waals surface area contributed by atoms with Crippen molar-refractivity contribution in [1.29, 1.82) is 0 Å². The zero-order valence-electron chi connectivity index (χ0n) is 18.8. The number of benzene rings is 1. The Labute approximate surface area is 215 Å². The minimum absolute atomic E-state index is 0.0295. The van der Waals surface area contributed by atoms with Crippen LogP contribution in [0.1, 0.15) is 23.0 Å². The quantitative estimate of drug-likeness (QED) is 0.471. The van der Waals surface area contributed by atoms with Gasteiger partial charge in [0, 0.05) is 59.3 Å². The number of carbonyl (C=O) groups is 1. The maximum atomic E-state index is 13.8. The monoisotopic (exact) mass is 547 g/mol. The van der Waals surface area contributed by atoms with Gasteiger partial charge in [-0.05, 0) is 24.3 Å². The van der Waals surface area contributed by atoms with Gasteiger partial charge in [0.25, 0.3) is 0 Å². The maximum Gasteiger partial charge on any atom is 0.338 e. The first kappa shape index (κ1) is 24.5. The number of thiazole rings is 1. The average molecular weight is 548 g/mol. The van der Waals surface area contributed by atoms with Gasteiger partial charge in [0.2, 0.25) is 10.0 Å². The van der Waals surface area contributed by atoms with Crippen LogP contribution in [-0.2, 0) is 19.6 Å². The third kappa shape index (κ3) is 4.52. The van der Waals surface area contributed by atoms with Crippen LogP contribution in [0.4, 0.5) is 4.39 Å². The standard InChI is InChI=1S/C23H19ClFN5O4S2/c1-34-23(31)19-18-10-14(29-36(32,33)15-3-2-6-26-11-15)12-30(18)21(22-27-7-8-35-22)28-20(19)16-5-4-13(25)9-17(16)24/h2-9,11,14,20,29H,10,12H2,1H3/t14-,20-/m0/s1. The van der Waals surface area contributed by atoms with E-state index in [2.05, 4.69) is 14.7 Å². The summed E-state index contributed by atoms with van der Waals surface area (Å²) in [5, 5.41) is 2.47. The molecule has 0 unspecified atom stereocenters. The minimum atomic E-state index is -3.87. The lowest BCUT2D eigenvalue weighted by atomic mass is 9.94. The Bertz CT molecular complexity index is 1480. The predicted molar refractivity (Wildman–Crippen MR) is 132 cm³/mol. The van der Waals surface area contributed by atoms with Crippen LogP contribution in [0.3, 0.4) is 0 Å². The topological polar surface area (TPSA) is 114 Å². The number of sulfonamides is 1. The number of fused-ring (bicyclic) bond motifs is 1. The predicted octanol–water partition coefficient (Wildman–Crippen LogP) is 3.31. The highest BCUT2D eigenvalue weighted by Gasteiger charge is 2.43. The molecule has 1 fully saturated rings. The van der Waals surface area contributed by atoms with Crippen LogP contribution in [-0.4, -0.2) is 54.8 Å². The van der Waals surface area contributed by atoms with Crippen molar-refractivity contribution >= 4 is 44.8 Å². The molecule has 2 aliphatic rings. The van der Waals surface area contributed by atoms with E-state index in [1.807, 2.05) is 0 Å². The van der Waals surface area contributed by atoms with E-state index in [4.69, 9.17) is 21.3 Å². The lowest BCUT2D eigenvalue weighted by molar-refractivity contribution is -0.136. The van der Waals surface area contributed by atoms with Gasteiger partial charge >= 0.3 is 5.97 Å². The van der Waals surface area contributed by atoms with Crippen molar-refractivity contribution in [2.24, 2.45) is 4.99 Å². The van der Waals surface area contributed by atoms with Crippen LogP contribution in [0.15, 0.2) is 75.5 Å². The van der Waals surface area contributed by atoms with Crippen molar-refractivity contribution in [3.63, 3.8) is 0 Å². The first-order chi connectivity index (χ1) is 17.3. The number of methoxy groups -OCH3 is 1. The number of carbonyl (C=O) groups excluding carboxylic acids is 1. The third-order valence-corrected chi connectivity index (χ3v) is 8.41. The lowest BCUT2D eigenvalue weighted by Gasteiger charge is -2.31. The molecule has 0 bridgehead atoms. The first-order valence-corrected chi connectivity index (χ1v) is 13.5. The molecular formula is C23H19ClFN5O4S2. The molecule has 1 N–H and O–H groups in total. The molecule has 9 nitrogen and oxygen atoms in total. The molecule has 13 heteroatoms. The van der Waals surface area contributed by atoms with Crippen molar-refractivity contribution in [2.75, 3.05) is 13.7 Å². The summed E-state index contributed by atoms with van der Waals surface area (Å²) in [7, 11) is -2.62. The highest BCUT2D eigenvalue weighted by atomic mass is 35.5. The molecule has 2 atom stereocenters. The van der Waals surface area contributed by atoms with Gasteiger partial charge in [-0.15, -0.1) is 11.3 Å². The fraction of sp³-hybridized carbons (Fsp3) is 0.217. The Morgan fingerprint density at radius 1 is 1.31 bits per heavy atom. The highest BCUT2D eigenvalue weighted by Crippen LogP contribution is 2.42. The number of ether oxygens (including phenoxy) is 1. The van der Waals surface area contributed by atoms with Gasteiger partial charge in [0.15, 0.2) is 10.8 Å². The Morgan fingerprint density at radius 2 is 2.14 bits per heavy atom. The normalized spacial score (nSPS) is 19.8. The number of amidine groups is 1. The number of halogens is 2. The summed E-state index contributed by atoms with van der Waals surface area (Å²) in [6, 6.07) is 5.37. The summed E-state index contributed by atoms with van der Waals surface area (Å²) >= 11 is 7.71. The molecule has 186 valence electrons. The van der Waals surface area contributed by atoms with E-state index < -0.39 is 33.9 Å². The van der Waals surface area contributed by atoms with Gasteiger partial charge in [-0.25, -0.2) is 27.3 Å². The summed E-state index contributed by atoms with van der Waals surface area (Å²) in [5.41, 5.74) is 1.15. The molecule has 2 aromatic heterocycles. The number of esters is 1. The number of rotatable bonds is 6. The van der Waals surface area contributed by atoms with Gasteiger partial charge in [-0.3, -0.25) is 9.98 Å². The average Bonchev–Trinajstić information content (AvgIpc) is 3.53. The zero-order valence-corrected chi connectivity index (χ0v) is 21.1. The van der Waals surface area contributed by atoms with Gasteiger partial charge in [0.05, 0.1) is 12.7 Å². The first-order valence-electron chi connectivity index (χ1n) is 10.7. The largest absolute Gasteiger partial charge is 0.466 e. The number of hydrogen-bond donors (Lipinski definition) is 1. The molecule has 4 heterocycles. The summed E-state index contributed by atoms with van der Waals surface area (Å²) < 4.78 is 47.5. The number of nitrogens with one attached hydrogen (secondary N) is 1. The van der Waals surface area contributed by atoms with E-state index in [0.29, 0.717) is 22.1 Å². The van der Waals surface area contributed by atoms with Crippen molar-refractivity contribution in [3.8, 4) is 0 Å². The van der Waals surface area contributed by atoms with Gasteiger partial charge < -0.3 is 9.64 Å². The van der Waals surface area contributed by atoms with Crippen LogP contribution in [0.25, 0.3) is 0 Å². The highest BCUT2D eigenvalue weighted by molar-refractivity contribution is 7.89. The lowest BCUT2D eigenvalue weighted by Crippen LogP contribution is -2.39. The van der Waals surface area contributed by atoms with Crippen molar-refractivity contribution in [1.82, 2.24) is 19.6 Å². The number of aliphatic imine (C=N–C) groups is 1. The second-order valence-electron chi connectivity index (χ2n) is 8.03. The minimum Gasteiger partial charge on any atom is -0.466 e. The molecule has 1 saturated heterocycles. The van der Waals surface area contributed by atoms with Crippen LogP contribution in [0.5, 0.6) is 0 Å². The third-order valence-electron chi connectivity index (χ3n) is 5.81. The number of hydrogen-bond acceptors (Lipinski definition) is 9. The Hall–Kier alpha value is -3.19. The second-order valence-corrected chi connectivity index (χ2v) is 11.0. The van der Waals surface area contributed by atoms with Crippen LogP contribution >= 0.6 is 22.9 Å². The number of aromatic nitrogens is 2. The van der Waals surface area contributed by atoms with Gasteiger partial charge in [-0.2, -0.15) is 0 Å². The molecule has 0 spiro atoms. The summed E-state index contributed by atoms with van der Waals surface area (Å²) in [4.78, 5) is 27.9. The van der Waals surface area contributed by atoms with Gasteiger partial charge in [-0.1, -0.05) is 17.7 Å². The molecule has 2 aliphatic heterocycles. The number of nitrogens with zero attached hydrogens (tertiary/aromatic N) is 4. The van der Waals surface area contributed by atoms with Crippen molar-refractivity contribution in [2.45, 2.75) is 23.4 Å². The van der Waals surface area contributed by atoms with Gasteiger partial charge in [0.1, 0.15) is 16.8 Å². The molecule has 0 amide bonds. The van der Waals surface area contributed by atoms with Crippen LogP contribution in [0.2, 0.25) is 5.02 Å². The van der Waals surface area contributed by atoms with Crippen LogP contribution < -0.4 is 4.72 Å². The molecule has 3 aromatic rings. The Balaban J connectivity index is 1.60. The molecule has 1 aromatic carbocycles. The van der Waals surface area contributed by atoms with E-state index >= 15 is 0 Å². The molecule has 36 heavy (non-hydrogen) atoms. The molecule has 0 aliphatic carbocycles. The summed E-state index contributed by atoms with van der Waals surface area (Å²) in [5.74, 6) is -0.706. The smallest absolute Gasteiger partial charge is 0.338 e.